The fourth-order valence-electron chi connectivity index (χ4n) is 2.03. The van der Waals surface area contributed by atoms with Gasteiger partial charge in [0.15, 0.2) is 0 Å². The maximum absolute atomic E-state index is 13.1. The maximum Gasteiger partial charge on any atom is 0.252 e. The highest BCUT2D eigenvalue weighted by atomic mass is 79.9. The number of hydrogen-bond donors (Lipinski definition) is 1. The minimum absolute atomic E-state index is 0.227. The number of benzene rings is 1. The van der Waals surface area contributed by atoms with E-state index in [-0.39, 0.29) is 11.5 Å². The molecule has 0 spiro atoms. The van der Waals surface area contributed by atoms with Crippen LogP contribution < -0.4 is 5.32 Å². The van der Waals surface area contributed by atoms with E-state index in [1.54, 1.807) is 7.11 Å². The number of rotatable bonds is 4. The van der Waals surface area contributed by atoms with Crippen molar-refractivity contribution in [3.8, 4) is 0 Å². The number of amides is 1. The van der Waals surface area contributed by atoms with E-state index in [0.29, 0.717) is 16.6 Å². The third-order valence-electron chi connectivity index (χ3n) is 3.44. The van der Waals surface area contributed by atoms with Crippen molar-refractivity contribution in [2.24, 2.45) is 0 Å². The Bertz CT molecular complexity index is 455. The van der Waals surface area contributed by atoms with E-state index < -0.39 is 5.82 Å². The van der Waals surface area contributed by atoms with Crippen molar-refractivity contribution in [1.29, 1.82) is 0 Å². The molecule has 3 nitrogen and oxygen atoms in total. The quantitative estimate of drug-likeness (QED) is 0.927. The summed E-state index contributed by atoms with van der Waals surface area (Å²) in [5.74, 6) is -0.710. The van der Waals surface area contributed by atoms with Crippen LogP contribution in [0.25, 0.3) is 0 Å². The molecular weight excluding hydrogens is 301 g/mol. The Hall–Kier alpha value is -0.940. The van der Waals surface area contributed by atoms with Gasteiger partial charge in [-0.3, -0.25) is 4.79 Å². The molecule has 0 unspecified atom stereocenters. The minimum Gasteiger partial charge on any atom is -0.376 e. The Morgan fingerprint density at radius 2 is 2.28 bits per heavy atom. The van der Waals surface area contributed by atoms with E-state index in [1.807, 2.05) is 0 Å². The van der Waals surface area contributed by atoms with Crippen LogP contribution in [0.3, 0.4) is 0 Å². The summed E-state index contributed by atoms with van der Waals surface area (Å²) in [5.41, 5.74) is 0.0794. The minimum atomic E-state index is -0.423. The number of methoxy groups -OCH3 is 1. The highest BCUT2D eigenvalue weighted by molar-refractivity contribution is 9.10. The van der Waals surface area contributed by atoms with Gasteiger partial charge in [0.25, 0.3) is 5.91 Å². The summed E-state index contributed by atoms with van der Waals surface area (Å²) in [6.45, 7) is 0.464. The van der Waals surface area contributed by atoms with Crippen molar-refractivity contribution in [2.75, 3.05) is 13.7 Å². The molecule has 2 rings (SSSR count). The van der Waals surface area contributed by atoms with Crippen LogP contribution >= 0.6 is 15.9 Å². The molecule has 0 atom stereocenters. The molecule has 1 aromatic rings. The molecule has 1 aliphatic carbocycles. The standard InChI is InChI=1S/C13H15BrFNO2/c1-18-13(5-2-6-13)8-16-12(17)10-7-9(15)3-4-11(10)14/h3-4,7H,2,5-6,8H2,1H3,(H,16,17). The van der Waals surface area contributed by atoms with Gasteiger partial charge in [-0.2, -0.15) is 0 Å². The zero-order valence-corrected chi connectivity index (χ0v) is 11.7. The van der Waals surface area contributed by atoms with Crippen LogP contribution in [0.5, 0.6) is 0 Å². The summed E-state index contributed by atoms with van der Waals surface area (Å²) in [5, 5.41) is 2.80. The normalized spacial score (nSPS) is 17.1. The second-order valence-corrected chi connectivity index (χ2v) is 5.40. The number of halogens is 2. The van der Waals surface area contributed by atoms with Crippen LogP contribution in [0.1, 0.15) is 29.6 Å². The highest BCUT2D eigenvalue weighted by Crippen LogP contribution is 2.34. The van der Waals surface area contributed by atoms with Crippen molar-refractivity contribution >= 4 is 21.8 Å². The molecule has 5 heteroatoms. The molecule has 1 fully saturated rings. The molecule has 0 aromatic heterocycles. The lowest BCUT2D eigenvalue weighted by atomic mass is 9.80. The predicted octanol–water partition coefficient (Wildman–Crippen LogP) is 2.89. The summed E-state index contributed by atoms with van der Waals surface area (Å²) in [7, 11) is 1.66. The summed E-state index contributed by atoms with van der Waals surface area (Å²) in [4.78, 5) is 12.0. The van der Waals surface area contributed by atoms with Crippen LogP contribution in [0, 0.1) is 5.82 Å². The Balaban J connectivity index is 2.01. The molecule has 0 bridgehead atoms. The predicted molar refractivity (Wildman–Crippen MR) is 70.0 cm³/mol. The van der Waals surface area contributed by atoms with E-state index in [2.05, 4.69) is 21.2 Å². The lowest BCUT2D eigenvalue weighted by molar-refractivity contribution is -0.0679. The summed E-state index contributed by atoms with van der Waals surface area (Å²) >= 11 is 3.24. The van der Waals surface area contributed by atoms with Gasteiger partial charge < -0.3 is 10.1 Å². The number of carbonyl (C=O) groups is 1. The highest BCUT2D eigenvalue weighted by Gasteiger charge is 2.37. The first-order valence-corrected chi connectivity index (χ1v) is 6.64. The smallest absolute Gasteiger partial charge is 0.252 e. The second kappa shape index (κ2) is 5.36. The van der Waals surface area contributed by atoms with Crippen molar-refractivity contribution in [1.82, 2.24) is 5.32 Å². The maximum atomic E-state index is 13.1. The number of carbonyl (C=O) groups excluding carboxylic acids is 1. The third-order valence-corrected chi connectivity index (χ3v) is 4.13. The van der Waals surface area contributed by atoms with Crippen molar-refractivity contribution in [3.63, 3.8) is 0 Å². The first-order valence-electron chi connectivity index (χ1n) is 5.85. The molecule has 0 radical (unpaired) electrons. The zero-order chi connectivity index (χ0) is 13.2. The number of nitrogens with one attached hydrogen (secondary N) is 1. The molecule has 1 aromatic carbocycles. The SMILES string of the molecule is COC1(CNC(=O)c2cc(F)ccc2Br)CCC1. The fourth-order valence-corrected chi connectivity index (χ4v) is 2.46. The Kier molecular flexibility index (Phi) is 4.02. The van der Waals surface area contributed by atoms with Crippen LogP contribution in [-0.4, -0.2) is 25.2 Å². The third kappa shape index (κ3) is 2.72. The van der Waals surface area contributed by atoms with Gasteiger partial charge in [-0.05, 0) is 53.4 Å². The molecule has 1 N–H and O–H groups in total. The van der Waals surface area contributed by atoms with Crippen LogP contribution in [-0.2, 0) is 4.74 Å². The van der Waals surface area contributed by atoms with Gasteiger partial charge >= 0.3 is 0 Å². The molecule has 0 aliphatic heterocycles. The lowest BCUT2D eigenvalue weighted by Crippen LogP contribution is -2.49. The lowest BCUT2D eigenvalue weighted by Gasteiger charge is -2.40. The largest absolute Gasteiger partial charge is 0.376 e. The first kappa shape index (κ1) is 13.5. The zero-order valence-electron chi connectivity index (χ0n) is 10.1. The Morgan fingerprint density at radius 3 is 2.83 bits per heavy atom. The molecule has 1 saturated carbocycles. The van der Waals surface area contributed by atoms with Crippen molar-refractivity contribution in [3.05, 3.63) is 34.1 Å². The average Bonchev–Trinajstić information content (AvgIpc) is 2.31. The van der Waals surface area contributed by atoms with E-state index in [9.17, 15) is 9.18 Å². The van der Waals surface area contributed by atoms with Gasteiger partial charge in [0, 0.05) is 18.1 Å². The first-order chi connectivity index (χ1) is 8.56. The number of hydrogen-bond acceptors (Lipinski definition) is 2. The van der Waals surface area contributed by atoms with Gasteiger partial charge in [0.2, 0.25) is 0 Å². The van der Waals surface area contributed by atoms with E-state index in [4.69, 9.17) is 4.74 Å². The second-order valence-electron chi connectivity index (χ2n) is 4.55. The fraction of sp³-hybridized carbons (Fsp3) is 0.462. The summed E-state index contributed by atoms with van der Waals surface area (Å²) in [6, 6.07) is 4.06. The Labute approximate surface area is 114 Å². The van der Waals surface area contributed by atoms with Crippen molar-refractivity contribution < 1.29 is 13.9 Å². The van der Waals surface area contributed by atoms with Gasteiger partial charge in [0.1, 0.15) is 5.82 Å². The summed E-state index contributed by atoms with van der Waals surface area (Å²) < 4.78 is 19.1. The van der Waals surface area contributed by atoms with Crippen LogP contribution in [0.4, 0.5) is 4.39 Å². The Morgan fingerprint density at radius 1 is 1.56 bits per heavy atom. The average molecular weight is 316 g/mol. The van der Waals surface area contributed by atoms with E-state index >= 15 is 0 Å². The van der Waals surface area contributed by atoms with Gasteiger partial charge in [-0.25, -0.2) is 4.39 Å². The molecular formula is C13H15BrFNO2. The molecule has 1 aliphatic rings. The van der Waals surface area contributed by atoms with Crippen molar-refractivity contribution in [2.45, 2.75) is 24.9 Å². The van der Waals surface area contributed by atoms with Gasteiger partial charge in [-0.15, -0.1) is 0 Å². The van der Waals surface area contributed by atoms with Crippen LogP contribution in [0.2, 0.25) is 0 Å². The van der Waals surface area contributed by atoms with Crippen LogP contribution in [0.15, 0.2) is 22.7 Å². The monoisotopic (exact) mass is 315 g/mol. The summed E-state index contributed by atoms with van der Waals surface area (Å²) in [6.07, 6.45) is 3.02. The van der Waals surface area contributed by atoms with Gasteiger partial charge in [0.05, 0.1) is 11.2 Å². The molecule has 18 heavy (non-hydrogen) atoms. The van der Waals surface area contributed by atoms with E-state index in [1.165, 1.54) is 18.2 Å². The van der Waals surface area contributed by atoms with Gasteiger partial charge in [-0.1, -0.05) is 0 Å². The molecule has 0 heterocycles. The molecule has 0 saturated heterocycles. The topological polar surface area (TPSA) is 38.3 Å². The molecule has 98 valence electrons. The molecule has 1 amide bonds. The van der Waals surface area contributed by atoms with E-state index in [0.717, 1.165) is 19.3 Å². The number of ether oxygens (including phenoxy) is 1.